The molecule has 2 aromatic carbocycles. The third-order valence-electron chi connectivity index (χ3n) is 6.53. The van der Waals surface area contributed by atoms with E-state index >= 15 is 0 Å². The van der Waals surface area contributed by atoms with E-state index in [0.717, 1.165) is 18.4 Å². The second-order valence-electron chi connectivity index (χ2n) is 9.13. The second-order valence-corrected chi connectivity index (χ2v) is 10.6. The lowest BCUT2D eigenvalue weighted by Crippen LogP contribution is -2.48. The Labute approximate surface area is 220 Å². The van der Waals surface area contributed by atoms with Gasteiger partial charge in [-0.3, -0.25) is 9.59 Å². The zero-order valence-electron chi connectivity index (χ0n) is 20.5. The maximum Gasteiger partial charge on any atom is 0.254 e. The summed E-state index contributed by atoms with van der Waals surface area (Å²) in [5, 5.41) is 2.50. The second kappa shape index (κ2) is 11.9. The van der Waals surface area contributed by atoms with Crippen molar-refractivity contribution < 1.29 is 18.7 Å². The molecule has 0 N–H and O–H groups in total. The van der Waals surface area contributed by atoms with Gasteiger partial charge in [0.25, 0.3) is 5.91 Å². The van der Waals surface area contributed by atoms with E-state index in [1.54, 1.807) is 57.5 Å². The molecular formula is C28H30ClFN2O3S. The highest BCUT2D eigenvalue weighted by Crippen LogP contribution is 2.34. The molecule has 0 bridgehead atoms. The lowest BCUT2D eigenvalue weighted by Gasteiger charge is -2.37. The molecule has 2 amide bonds. The molecule has 1 aliphatic heterocycles. The van der Waals surface area contributed by atoms with E-state index < -0.39 is 0 Å². The van der Waals surface area contributed by atoms with Gasteiger partial charge in [0.05, 0.1) is 6.04 Å². The van der Waals surface area contributed by atoms with Crippen LogP contribution in [0.3, 0.4) is 0 Å². The molecule has 4 rings (SSSR count). The number of benzene rings is 2. The number of hydrogen-bond acceptors (Lipinski definition) is 4. The number of thiophene rings is 1. The summed E-state index contributed by atoms with van der Waals surface area (Å²) in [7, 11) is 0. The first-order chi connectivity index (χ1) is 17.4. The number of rotatable bonds is 9. The summed E-state index contributed by atoms with van der Waals surface area (Å²) in [4.78, 5) is 31.7. The van der Waals surface area contributed by atoms with Crippen molar-refractivity contribution in [1.82, 2.24) is 9.80 Å². The van der Waals surface area contributed by atoms with Gasteiger partial charge in [-0.2, -0.15) is 0 Å². The Morgan fingerprint density at radius 3 is 2.78 bits per heavy atom. The predicted molar refractivity (Wildman–Crippen MR) is 141 cm³/mol. The zero-order valence-corrected chi connectivity index (χ0v) is 22.0. The van der Waals surface area contributed by atoms with Crippen LogP contribution in [0.15, 0.2) is 60.0 Å². The molecule has 0 radical (unpaired) electrons. The third kappa shape index (κ3) is 6.26. The Balaban J connectivity index is 1.55. The largest absolute Gasteiger partial charge is 0.491 e. The highest BCUT2D eigenvalue weighted by Gasteiger charge is 2.34. The quantitative estimate of drug-likeness (QED) is 0.330. The predicted octanol–water partition coefficient (Wildman–Crippen LogP) is 6.23. The van der Waals surface area contributed by atoms with E-state index in [1.807, 2.05) is 11.4 Å². The van der Waals surface area contributed by atoms with Gasteiger partial charge in [-0.1, -0.05) is 44.0 Å². The number of amides is 2. The van der Waals surface area contributed by atoms with Crippen molar-refractivity contribution in [2.24, 2.45) is 5.92 Å². The van der Waals surface area contributed by atoms with Gasteiger partial charge >= 0.3 is 0 Å². The van der Waals surface area contributed by atoms with Crippen LogP contribution in [0.2, 0.25) is 5.02 Å². The summed E-state index contributed by atoms with van der Waals surface area (Å²) >= 11 is 7.79. The van der Waals surface area contributed by atoms with E-state index in [2.05, 4.69) is 13.8 Å². The molecule has 0 unspecified atom stereocenters. The van der Waals surface area contributed by atoms with E-state index in [-0.39, 0.29) is 42.7 Å². The third-order valence-corrected chi connectivity index (χ3v) is 7.76. The van der Waals surface area contributed by atoms with Gasteiger partial charge in [0.2, 0.25) is 5.91 Å². The zero-order chi connectivity index (χ0) is 25.7. The van der Waals surface area contributed by atoms with Crippen LogP contribution in [-0.2, 0) is 11.2 Å². The molecule has 1 aliphatic rings. The van der Waals surface area contributed by atoms with E-state index in [9.17, 15) is 14.0 Å². The van der Waals surface area contributed by atoms with Crippen LogP contribution in [0.25, 0.3) is 0 Å². The van der Waals surface area contributed by atoms with Crippen molar-refractivity contribution in [3.05, 3.63) is 86.8 Å². The topological polar surface area (TPSA) is 49.9 Å². The minimum atomic E-state index is -0.375. The van der Waals surface area contributed by atoms with Gasteiger partial charge in [0.1, 0.15) is 24.7 Å². The Kier molecular flexibility index (Phi) is 8.64. The number of hydrogen-bond donors (Lipinski definition) is 0. The standard InChI is InChI=1S/C28H30ClFN2O3S/c1-3-19(2)16-31(28(34)20-6-4-7-21(29)14-20)17-27(33)32-12-10-26-24(11-13-36-26)25(32)18-35-23-9-5-8-22(30)15-23/h4-9,11,13-15,19,25H,3,10,12,16-18H2,1-2H3/t19-,25+/m1/s1. The molecule has 1 aromatic heterocycles. The summed E-state index contributed by atoms with van der Waals surface area (Å²) in [6, 6.07) is 14.5. The van der Waals surface area contributed by atoms with Gasteiger partial charge in [0, 0.05) is 34.6 Å². The lowest BCUT2D eigenvalue weighted by atomic mass is 10.00. The molecule has 36 heavy (non-hydrogen) atoms. The van der Waals surface area contributed by atoms with Crippen molar-refractivity contribution in [2.45, 2.75) is 32.7 Å². The van der Waals surface area contributed by atoms with E-state index in [4.69, 9.17) is 16.3 Å². The van der Waals surface area contributed by atoms with Crippen LogP contribution in [0.1, 0.15) is 47.1 Å². The molecule has 5 nitrogen and oxygen atoms in total. The van der Waals surface area contributed by atoms with Crippen LogP contribution in [0.5, 0.6) is 5.75 Å². The summed E-state index contributed by atoms with van der Waals surface area (Å²) in [5.74, 6) is -0.0806. The smallest absolute Gasteiger partial charge is 0.254 e. The van der Waals surface area contributed by atoms with Crippen LogP contribution >= 0.6 is 22.9 Å². The first-order valence-corrected chi connectivity index (χ1v) is 13.4. The molecule has 0 aliphatic carbocycles. The highest BCUT2D eigenvalue weighted by atomic mass is 35.5. The molecule has 8 heteroatoms. The summed E-state index contributed by atoms with van der Waals surface area (Å²) in [6.45, 7) is 5.30. The minimum Gasteiger partial charge on any atom is -0.491 e. The first-order valence-electron chi connectivity index (χ1n) is 12.1. The van der Waals surface area contributed by atoms with Gasteiger partial charge in [-0.05, 0) is 59.7 Å². The lowest BCUT2D eigenvalue weighted by molar-refractivity contribution is -0.135. The molecule has 0 fully saturated rings. The maximum atomic E-state index is 13.7. The van der Waals surface area contributed by atoms with Gasteiger partial charge < -0.3 is 14.5 Å². The van der Waals surface area contributed by atoms with E-state index in [1.165, 1.54) is 17.0 Å². The van der Waals surface area contributed by atoms with Crippen molar-refractivity contribution >= 4 is 34.8 Å². The Bertz CT molecular complexity index is 1220. The Morgan fingerprint density at radius 2 is 2.03 bits per heavy atom. The van der Waals surface area contributed by atoms with Crippen molar-refractivity contribution in [1.29, 1.82) is 0 Å². The number of fused-ring (bicyclic) bond motifs is 1. The van der Waals surface area contributed by atoms with Gasteiger partial charge in [0.15, 0.2) is 0 Å². The molecule has 3 aromatic rings. The first kappa shape index (κ1) is 26.2. The molecule has 0 saturated heterocycles. The number of nitrogens with zero attached hydrogens (tertiary/aromatic N) is 2. The number of halogens is 2. The van der Waals surface area contributed by atoms with Crippen molar-refractivity contribution in [3.8, 4) is 5.75 Å². The molecule has 2 atom stereocenters. The Hall–Kier alpha value is -2.90. The minimum absolute atomic E-state index is 0.0361. The maximum absolute atomic E-state index is 13.7. The molecule has 0 spiro atoms. The molecular weight excluding hydrogens is 499 g/mol. The van der Waals surface area contributed by atoms with Gasteiger partial charge in [-0.25, -0.2) is 4.39 Å². The average molecular weight is 529 g/mol. The van der Waals surface area contributed by atoms with Crippen LogP contribution < -0.4 is 4.74 Å². The SMILES string of the molecule is CC[C@@H](C)CN(CC(=O)N1CCc2sccc2[C@@H]1COc1cccc(F)c1)C(=O)c1cccc(Cl)c1. The highest BCUT2D eigenvalue weighted by molar-refractivity contribution is 7.10. The van der Waals surface area contributed by atoms with Crippen LogP contribution in [0, 0.1) is 11.7 Å². The fraction of sp³-hybridized carbons (Fsp3) is 0.357. The van der Waals surface area contributed by atoms with Crippen LogP contribution in [0.4, 0.5) is 4.39 Å². The monoisotopic (exact) mass is 528 g/mol. The fourth-order valence-electron chi connectivity index (χ4n) is 4.39. The Morgan fingerprint density at radius 1 is 1.22 bits per heavy atom. The van der Waals surface area contributed by atoms with Crippen LogP contribution in [-0.4, -0.2) is 47.9 Å². The summed E-state index contributed by atoms with van der Waals surface area (Å²) in [5.41, 5.74) is 1.51. The molecule has 2 heterocycles. The van der Waals surface area contributed by atoms with Gasteiger partial charge in [-0.15, -0.1) is 11.3 Å². The van der Waals surface area contributed by atoms with Crippen molar-refractivity contribution in [2.75, 3.05) is 26.2 Å². The normalized spacial score (nSPS) is 15.8. The molecule has 190 valence electrons. The van der Waals surface area contributed by atoms with Crippen molar-refractivity contribution in [3.63, 3.8) is 0 Å². The average Bonchev–Trinajstić information content (AvgIpc) is 3.35. The number of ether oxygens (including phenoxy) is 1. The number of carbonyl (C=O) groups is 2. The summed E-state index contributed by atoms with van der Waals surface area (Å²) in [6.07, 6.45) is 1.64. The fourth-order valence-corrected chi connectivity index (χ4v) is 5.51. The molecule has 0 saturated carbocycles. The number of carbonyl (C=O) groups excluding carboxylic acids is 2. The van der Waals surface area contributed by atoms with E-state index in [0.29, 0.717) is 29.4 Å². The summed E-state index contributed by atoms with van der Waals surface area (Å²) < 4.78 is 19.6.